The first-order valence-electron chi connectivity index (χ1n) is 8.19. The Morgan fingerprint density at radius 2 is 2.08 bits per heavy atom. The number of ether oxygens (including phenoxy) is 2. The van der Waals surface area contributed by atoms with Crippen LogP contribution in [0.25, 0.3) is 0 Å². The zero-order valence-electron chi connectivity index (χ0n) is 14.1. The van der Waals surface area contributed by atoms with Crippen LogP contribution in [0.5, 0.6) is 11.5 Å². The summed E-state index contributed by atoms with van der Waals surface area (Å²) in [6.45, 7) is 5.37. The molecule has 1 saturated carbocycles. The fourth-order valence-electron chi connectivity index (χ4n) is 2.31. The highest BCUT2D eigenvalue weighted by molar-refractivity contribution is 6.32. The van der Waals surface area contributed by atoms with Crippen molar-refractivity contribution < 1.29 is 14.3 Å². The second-order valence-electron chi connectivity index (χ2n) is 5.78. The zero-order chi connectivity index (χ0) is 16.8. The summed E-state index contributed by atoms with van der Waals surface area (Å²) in [7, 11) is 0. The number of hydrogen-bond acceptors (Lipinski definition) is 4. The molecule has 2 rings (SSSR count). The Morgan fingerprint density at radius 1 is 1.38 bits per heavy atom. The molecule has 24 heavy (non-hydrogen) atoms. The predicted molar refractivity (Wildman–Crippen MR) is 98.7 cm³/mol. The zero-order valence-corrected chi connectivity index (χ0v) is 15.7. The van der Waals surface area contributed by atoms with Gasteiger partial charge in [-0.1, -0.05) is 18.5 Å². The molecule has 7 heteroatoms. The Labute approximate surface area is 154 Å². The lowest BCUT2D eigenvalue weighted by atomic mass is 10.1. The largest absolute Gasteiger partial charge is 0.490 e. The van der Waals surface area contributed by atoms with Crippen LogP contribution in [0, 0.1) is 5.92 Å². The van der Waals surface area contributed by atoms with Crippen LogP contribution in [0.4, 0.5) is 0 Å². The third-order valence-corrected chi connectivity index (χ3v) is 4.03. The SMILES string of the molecule is CCCOc1c(Cl)cc(C(=O)NCC(N)C2CC2)cc1OCC.Cl. The van der Waals surface area contributed by atoms with Gasteiger partial charge in [-0.05, 0) is 44.2 Å². The van der Waals surface area contributed by atoms with Crippen LogP contribution >= 0.6 is 24.0 Å². The first-order chi connectivity index (χ1) is 11.1. The van der Waals surface area contributed by atoms with Crippen molar-refractivity contribution in [2.24, 2.45) is 11.7 Å². The van der Waals surface area contributed by atoms with Gasteiger partial charge in [0.1, 0.15) is 0 Å². The number of rotatable bonds is 9. The van der Waals surface area contributed by atoms with Gasteiger partial charge in [0.25, 0.3) is 5.91 Å². The molecule has 1 fully saturated rings. The molecule has 0 radical (unpaired) electrons. The van der Waals surface area contributed by atoms with Gasteiger partial charge in [-0.25, -0.2) is 0 Å². The molecule has 1 atom stereocenters. The number of hydrogen-bond donors (Lipinski definition) is 2. The van der Waals surface area contributed by atoms with Gasteiger partial charge in [0, 0.05) is 18.2 Å². The molecule has 1 aliphatic rings. The summed E-state index contributed by atoms with van der Waals surface area (Å²) >= 11 is 6.26. The lowest BCUT2D eigenvalue weighted by molar-refractivity contribution is 0.0949. The van der Waals surface area contributed by atoms with Crippen LogP contribution in [-0.4, -0.2) is 31.7 Å². The van der Waals surface area contributed by atoms with Crippen molar-refractivity contribution >= 4 is 29.9 Å². The summed E-state index contributed by atoms with van der Waals surface area (Å²) in [6, 6.07) is 3.29. The van der Waals surface area contributed by atoms with Crippen molar-refractivity contribution in [3.8, 4) is 11.5 Å². The molecule has 1 amide bonds. The van der Waals surface area contributed by atoms with Crippen LogP contribution < -0.4 is 20.5 Å². The Kier molecular flexibility index (Phi) is 8.67. The highest BCUT2D eigenvalue weighted by Crippen LogP contribution is 2.37. The Hall–Kier alpha value is -1.17. The lowest BCUT2D eigenvalue weighted by Crippen LogP contribution is -2.38. The van der Waals surface area contributed by atoms with E-state index in [0.717, 1.165) is 19.3 Å². The first-order valence-corrected chi connectivity index (χ1v) is 8.57. The maximum Gasteiger partial charge on any atom is 0.251 e. The minimum Gasteiger partial charge on any atom is -0.490 e. The van der Waals surface area contributed by atoms with Crippen LogP contribution in [0.1, 0.15) is 43.5 Å². The Bertz CT molecular complexity index is 551. The molecule has 1 aliphatic carbocycles. The van der Waals surface area contributed by atoms with Gasteiger partial charge < -0.3 is 20.5 Å². The van der Waals surface area contributed by atoms with E-state index >= 15 is 0 Å². The summed E-state index contributed by atoms with van der Waals surface area (Å²) in [5.74, 6) is 1.32. The summed E-state index contributed by atoms with van der Waals surface area (Å²) < 4.78 is 11.2. The van der Waals surface area contributed by atoms with Gasteiger partial charge in [0.05, 0.1) is 18.2 Å². The molecule has 1 unspecified atom stereocenters. The average molecular weight is 377 g/mol. The van der Waals surface area contributed by atoms with Crippen LogP contribution in [0.15, 0.2) is 12.1 Å². The molecule has 0 bridgehead atoms. The highest BCUT2D eigenvalue weighted by Gasteiger charge is 2.28. The second-order valence-corrected chi connectivity index (χ2v) is 6.19. The van der Waals surface area contributed by atoms with Crippen molar-refractivity contribution in [1.82, 2.24) is 5.32 Å². The fraction of sp³-hybridized carbons (Fsp3) is 0.588. The van der Waals surface area contributed by atoms with Crippen molar-refractivity contribution in [3.05, 3.63) is 22.7 Å². The van der Waals surface area contributed by atoms with Crippen molar-refractivity contribution in [2.45, 2.75) is 39.2 Å². The number of nitrogens with one attached hydrogen (secondary N) is 1. The van der Waals surface area contributed by atoms with E-state index in [1.54, 1.807) is 12.1 Å². The molecular formula is C17H26Cl2N2O3. The van der Waals surface area contributed by atoms with E-state index in [1.165, 1.54) is 0 Å². The molecule has 0 heterocycles. The van der Waals surface area contributed by atoms with Crippen molar-refractivity contribution in [2.75, 3.05) is 19.8 Å². The average Bonchev–Trinajstić information content (AvgIpc) is 3.36. The number of carbonyl (C=O) groups is 1. The van der Waals surface area contributed by atoms with E-state index < -0.39 is 0 Å². The van der Waals surface area contributed by atoms with Gasteiger partial charge in [-0.3, -0.25) is 4.79 Å². The van der Waals surface area contributed by atoms with Crippen LogP contribution in [0.3, 0.4) is 0 Å². The highest BCUT2D eigenvalue weighted by atomic mass is 35.5. The fourth-order valence-corrected chi connectivity index (χ4v) is 2.58. The first kappa shape index (κ1) is 20.9. The Balaban J connectivity index is 0.00000288. The summed E-state index contributed by atoms with van der Waals surface area (Å²) in [6.07, 6.45) is 3.17. The molecule has 1 aromatic rings. The van der Waals surface area contributed by atoms with Crippen molar-refractivity contribution in [3.63, 3.8) is 0 Å². The minimum absolute atomic E-state index is 0. The van der Waals surface area contributed by atoms with Crippen LogP contribution in [-0.2, 0) is 0 Å². The van der Waals surface area contributed by atoms with E-state index in [4.69, 9.17) is 26.8 Å². The van der Waals surface area contributed by atoms with Gasteiger partial charge >= 0.3 is 0 Å². The number of amides is 1. The monoisotopic (exact) mass is 376 g/mol. The maximum atomic E-state index is 12.3. The molecule has 0 aromatic heterocycles. The van der Waals surface area contributed by atoms with Crippen molar-refractivity contribution in [1.29, 1.82) is 0 Å². The van der Waals surface area contributed by atoms with E-state index in [2.05, 4.69) is 5.32 Å². The molecule has 0 saturated heterocycles. The molecule has 5 nitrogen and oxygen atoms in total. The summed E-state index contributed by atoms with van der Waals surface area (Å²) in [4.78, 5) is 12.3. The molecular weight excluding hydrogens is 351 g/mol. The van der Waals surface area contributed by atoms with Gasteiger partial charge in [-0.15, -0.1) is 12.4 Å². The Morgan fingerprint density at radius 3 is 2.67 bits per heavy atom. The second kappa shape index (κ2) is 9.97. The maximum absolute atomic E-state index is 12.3. The topological polar surface area (TPSA) is 73.6 Å². The summed E-state index contributed by atoms with van der Waals surface area (Å²) in [5, 5.41) is 3.24. The molecule has 3 N–H and O–H groups in total. The third-order valence-electron chi connectivity index (χ3n) is 3.75. The molecule has 0 aliphatic heterocycles. The normalized spacial score (nSPS) is 14.5. The van der Waals surface area contributed by atoms with E-state index in [9.17, 15) is 4.79 Å². The summed E-state index contributed by atoms with van der Waals surface area (Å²) in [5.41, 5.74) is 6.46. The smallest absolute Gasteiger partial charge is 0.251 e. The molecule has 1 aromatic carbocycles. The third kappa shape index (κ3) is 5.72. The quantitative estimate of drug-likeness (QED) is 0.692. The van der Waals surface area contributed by atoms with E-state index in [-0.39, 0.29) is 24.4 Å². The van der Waals surface area contributed by atoms with Gasteiger partial charge in [0.2, 0.25) is 0 Å². The number of benzene rings is 1. The van der Waals surface area contributed by atoms with Gasteiger partial charge in [-0.2, -0.15) is 0 Å². The standard InChI is InChI=1S/C17H25ClN2O3.ClH/c1-3-7-23-16-13(18)8-12(9-15(16)22-4-2)17(21)20-10-14(19)11-5-6-11;/h8-9,11,14H,3-7,10,19H2,1-2H3,(H,20,21);1H. The van der Waals surface area contributed by atoms with Crippen LogP contribution in [0.2, 0.25) is 5.02 Å². The number of carbonyl (C=O) groups excluding carboxylic acids is 1. The minimum atomic E-state index is -0.203. The number of halogens is 2. The lowest BCUT2D eigenvalue weighted by Gasteiger charge is -2.16. The van der Waals surface area contributed by atoms with E-state index in [0.29, 0.717) is 47.8 Å². The predicted octanol–water partition coefficient (Wildman–Crippen LogP) is 3.42. The van der Waals surface area contributed by atoms with E-state index in [1.807, 2.05) is 13.8 Å². The molecule has 136 valence electrons. The number of nitrogens with two attached hydrogens (primary N) is 1. The van der Waals surface area contributed by atoms with Gasteiger partial charge in [0.15, 0.2) is 11.5 Å². The molecule has 0 spiro atoms.